The van der Waals surface area contributed by atoms with E-state index < -0.39 is 5.60 Å². The number of likely N-dealkylation sites (tertiary alicyclic amines) is 1. The van der Waals surface area contributed by atoms with Crippen LogP contribution in [0.25, 0.3) is 10.9 Å². The normalized spacial score (nSPS) is 25.4. The molecule has 0 unspecified atom stereocenters. The number of β-amino-alcohol motifs (C(OH)–C–C–N with tert-alkyl or cyclic N) is 1. The number of nitriles is 1. The molecular weight excluding hydrogens is 462 g/mol. The lowest BCUT2D eigenvalue weighted by molar-refractivity contribution is -0.0818. The minimum atomic E-state index is -0.693. The second-order valence-corrected chi connectivity index (χ2v) is 11.0. The molecule has 3 aromatic rings. The standard InChI is InChI=1S/C26H30ClN7O/c1-16-24(14-30-34(16)20-2-3-20)32-25-29-13-19-8-22(27)21(9-23(19)31-25)18-4-6-33(7-5-18)15-26(35)10-17(11-26)12-28/h8-9,13-14,17-18,20,35H,2-7,10-11,15H2,1H3,(H,29,31,32)/t17-,26-. The number of aliphatic hydroxyl groups is 1. The van der Waals surface area contributed by atoms with Crippen LogP contribution in [0.5, 0.6) is 0 Å². The molecule has 2 aliphatic carbocycles. The summed E-state index contributed by atoms with van der Waals surface area (Å²) in [7, 11) is 0. The van der Waals surface area contributed by atoms with Crippen molar-refractivity contribution >= 4 is 34.1 Å². The number of benzene rings is 1. The third-order valence-corrected chi connectivity index (χ3v) is 8.19. The van der Waals surface area contributed by atoms with Crippen molar-refractivity contribution in [3.05, 3.63) is 40.8 Å². The number of nitrogens with one attached hydrogen (secondary N) is 1. The van der Waals surface area contributed by atoms with E-state index in [4.69, 9.17) is 21.8 Å². The van der Waals surface area contributed by atoms with Crippen LogP contribution in [0.15, 0.2) is 24.5 Å². The van der Waals surface area contributed by atoms with E-state index in [2.05, 4.69) is 44.0 Å². The summed E-state index contributed by atoms with van der Waals surface area (Å²) in [5, 5.41) is 29.2. The first-order valence-corrected chi connectivity index (χ1v) is 12.9. The minimum absolute atomic E-state index is 0.00797. The van der Waals surface area contributed by atoms with Gasteiger partial charge in [-0.25, -0.2) is 9.97 Å². The van der Waals surface area contributed by atoms with Gasteiger partial charge in [-0.1, -0.05) is 11.6 Å². The predicted molar refractivity (Wildman–Crippen MR) is 135 cm³/mol. The van der Waals surface area contributed by atoms with Crippen molar-refractivity contribution in [3.63, 3.8) is 0 Å². The number of anilines is 2. The molecule has 0 atom stereocenters. The van der Waals surface area contributed by atoms with Crippen LogP contribution in [0.3, 0.4) is 0 Å². The number of fused-ring (bicyclic) bond motifs is 1. The van der Waals surface area contributed by atoms with E-state index >= 15 is 0 Å². The monoisotopic (exact) mass is 491 g/mol. The molecule has 3 fully saturated rings. The number of piperidine rings is 1. The maximum Gasteiger partial charge on any atom is 0.227 e. The highest BCUT2D eigenvalue weighted by atomic mass is 35.5. The van der Waals surface area contributed by atoms with Crippen molar-refractivity contribution in [1.29, 1.82) is 5.26 Å². The lowest BCUT2D eigenvalue weighted by Gasteiger charge is -2.45. The number of halogens is 1. The number of hydrogen-bond acceptors (Lipinski definition) is 7. The summed E-state index contributed by atoms with van der Waals surface area (Å²) < 4.78 is 2.08. The molecule has 0 spiro atoms. The van der Waals surface area contributed by atoms with Gasteiger partial charge in [0.2, 0.25) is 5.95 Å². The molecule has 1 aliphatic heterocycles. The van der Waals surface area contributed by atoms with Gasteiger partial charge in [-0.15, -0.1) is 0 Å². The van der Waals surface area contributed by atoms with E-state index in [0.717, 1.165) is 58.8 Å². The van der Waals surface area contributed by atoms with Crippen LogP contribution in [-0.4, -0.2) is 55.0 Å². The van der Waals surface area contributed by atoms with E-state index in [-0.39, 0.29) is 5.92 Å². The van der Waals surface area contributed by atoms with E-state index in [9.17, 15) is 5.11 Å². The van der Waals surface area contributed by atoms with Gasteiger partial charge in [0, 0.05) is 23.2 Å². The summed E-state index contributed by atoms with van der Waals surface area (Å²) in [5.41, 5.74) is 3.36. The average Bonchev–Trinajstić information content (AvgIpc) is 3.61. The average molecular weight is 492 g/mol. The van der Waals surface area contributed by atoms with Gasteiger partial charge >= 0.3 is 0 Å². The third-order valence-electron chi connectivity index (χ3n) is 7.86. The van der Waals surface area contributed by atoms with Gasteiger partial charge in [0.15, 0.2) is 0 Å². The van der Waals surface area contributed by atoms with E-state index in [0.29, 0.717) is 37.3 Å². The van der Waals surface area contributed by atoms with Crippen molar-refractivity contribution in [3.8, 4) is 6.07 Å². The SMILES string of the molecule is Cc1c(Nc2ncc3cc(Cl)c(C4CCN(C[C@]5(O)C[C@H](C#N)C5)CC4)cc3n2)cnn1C1CC1. The first-order chi connectivity index (χ1) is 16.9. The summed E-state index contributed by atoms with van der Waals surface area (Å²) >= 11 is 6.71. The Morgan fingerprint density at radius 1 is 1.20 bits per heavy atom. The van der Waals surface area contributed by atoms with Crippen molar-refractivity contribution in [2.75, 3.05) is 25.0 Å². The van der Waals surface area contributed by atoms with Gasteiger partial charge in [-0.3, -0.25) is 4.68 Å². The Labute approximate surface area is 209 Å². The number of rotatable bonds is 6. The number of nitrogens with zero attached hydrogens (tertiary/aromatic N) is 6. The molecule has 8 nitrogen and oxygen atoms in total. The summed E-state index contributed by atoms with van der Waals surface area (Å²) in [6, 6.07) is 6.88. The molecule has 1 aromatic carbocycles. The first-order valence-electron chi connectivity index (χ1n) is 12.5. The van der Waals surface area contributed by atoms with E-state index in [1.54, 1.807) is 0 Å². The topological polar surface area (TPSA) is 103 Å². The maximum atomic E-state index is 10.7. The second kappa shape index (κ2) is 8.74. The number of hydrogen-bond donors (Lipinski definition) is 2. The van der Waals surface area contributed by atoms with Crippen LogP contribution in [-0.2, 0) is 0 Å². The van der Waals surface area contributed by atoms with Gasteiger partial charge in [-0.05, 0) is 82.2 Å². The fourth-order valence-corrected chi connectivity index (χ4v) is 6.02. The molecule has 1 saturated heterocycles. The molecule has 3 heterocycles. The lowest BCUT2D eigenvalue weighted by Crippen LogP contribution is -2.53. The molecular formula is C26H30ClN7O. The highest BCUT2D eigenvalue weighted by Crippen LogP contribution is 2.40. The van der Waals surface area contributed by atoms with Crippen molar-refractivity contribution in [2.24, 2.45) is 5.92 Å². The Morgan fingerprint density at radius 2 is 1.97 bits per heavy atom. The van der Waals surface area contributed by atoms with Crippen LogP contribution in [0.4, 0.5) is 11.6 Å². The molecule has 0 amide bonds. The molecule has 9 heteroatoms. The van der Waals surface area contributed by atoms with Gasteiger partial charge in [0.25, 0.3) is 0 Å². The lowest BCUT2D eigenvalue weighted by atomic mass is 9.71. The van der Waals surface area contributed by atoms with Crippen LogP contribution in [0.1, 0.15) is 61.7 Å². The van der Waals surface area contributed by atoms with Gasteiger partial charge in [0.1, 0.15) is 0 Å². The highest BCUT2D eigenvalue weighted by molar-refractivity contribution is 6.32. The Hall–Kier alpha value is -2.73. The molecule has 0 bridgehead atoms. The maximum absolute atomic E-state index is 10.7. The second-order valence-electron chi connectivity index (χ2n) is 10.6. The summed E-state index contributed by atoms with van der Waals surface area (Å²) in [4.78, 5) is 11.6. The quantitative estimate of drug-likeness (QED) is 0.514. The van der Waals surface area contributed by atoms with Crippen molar-refractivity contribution in [1.82, 2.24) is 24.6 Å². The van der Waals surface area contributed by atoms with Gasteiger partial charge in [0.05, 0.1) is 46.7 Å². The van der Waals surface area contributed by atoms with Gasteiger partial charge in [-0.2, -0.15) is 10.4 Å². The van der Waals surface area contributed by atoms with E-state index in [1.165, 1.54) is 12.8 Å². The van der Waals surface area contributed by atoms with Crippen LogP contribution in [0, 0.1) is 24.2 Å². The molecule has 35 heavy (non-hydrogen) atoms. The zero-order valence-corrected chi connectivity index (χ0v) is 20.7. The molecule has 3 aliphatic rings. The Kier molecular flexibility index (Phi) is 5.67. The molecule has 6 rings (SSSR count). The van der Waals surface area contributed by atoms with Crippen LogP contribution < -0.4 is 5.32 Å². The summed E-state index contributed by atoms with van der Waals surface area (Å²) in [6.45, 7) is 4.56. The van der Waals surface area contributed by atoms with Gasteiger partial charge < -0.3 is 15.3 Å². The fourth-order valence-electron chi connectivity index (χ4n) is 5.69. The molecule has 2 N–H and O–H groups in total. The Balaban J connectivity index is 1.15. The zero-order chi connectivity index (χ0) is 24.2. The third kappa shape index (κ3) is 4.49. The highest BCUT2D eigenvalue weighted by Gasteiger charge is 2.44. The molecule has 182 valence electrons. The minimum Gasteiger partial charge on any atom is -0.388 e. The van der Waals surface area contributed by atoms with Crippen molar-refractivity contribution in [2.45, 2.75) is 63.0 Å². The van der Waals surface area contributed by atoms with Crippen LogP contribution >= 0.6 is 11.6 Å². The number of aromatic nitrogens is 4. The summed E-state index contributed by atoms with van der Waals surface area (Å²) in [5.74, 6) is 0.925. The van der Waals surface area contributed by atoms with Crippen molar-refractivity contribution < 1.29 is 5.11 Å². The fraction of sp³-hybridized carbons (Fsp3) is 0.538. The predicted octanol–water partition coefficient (Wildman–Crippen LogP) is 4.71. The molecule has 0 radical (unpaired) electrons. The first kappa shape index (κ1) is 22.7. The molecule has 2 saturated carbocycles. The van der Waals surface area contributed by atoms with E-state index in [1.807, 2.05) is 18.5 Å². The van der Waals surface area contributed by atoms with Crippen LogP contribution in [0.2, 0.25) is 5.02 Å². The Morgan fingerprint density at radius 3 is 2.69 bits per heavy atom. The molecule has 2 aromatic heterocycles. The smallest absolute Gasteiger partial charge is 0.227 e. The largest absolute Gasteiger partial charge is 0.388 e. The summed E-state index contributed by atoms with van der Waals surface area (Å²) in [6.07, 6.45) is 9.21. The zero-order valence-electron chi connectivity index (χ0n) is 19.9. The Bertz CT molecular complexity index is 1300.